The van der Waals surface area contributed by atoms with Gasteiger partial charge in [0.25, 0.3) is 5.91 Å². The Hall–Kier alpha value is -2.02. The summed E-state index contributed by atoms with van der Waals surface area (Å²) in [4.78, 5) is 25.1. The second-order valence-electron chi connectivity index (χ2n) is 4.98. The molecule has 2 aliphatic heterocycles. The second kappa shape index (κ2) is 4.52. The number of hydrogen-bond donors (Lipinski definition) is 1. The Bertz CT molecular complexity index is 565. The third kappa shape index (κ3) is 2.03. The van der Waals surface area contributed by atoms with Crippen LogP contribution in [0.5, 0.6) is 0 Å². The number of carbonyl (C=O) groups excluding carboxylic acids is 2. The molecule has 0 bridgehead atoms. The van der Waals surface area contributed by atoms with Crippen LogP contribution in [-0.2, 0) is 16.1 Å². The first-order valence-corrected chi connectivity index (χ1v) is 6.17. The molecule has 0 radical (unpaired) electrons. The van der Waals surface area contributed by atoms with Crippen molar-refractivity contribution in [1.82, 2.24) is 10.2 Å². The average Bonchev–Trinajstić information content (AvgIpc) is 2.90. The van der Waals surface area contributed by atoms with Crippen molar-refractivity contribution in [3.8, 4) is 0 Å². The van der Waals surface area contributed by atoms with Gasteiger partial charge in [0, 0.05) is 19.1 Å². The number of rotatable bonds is 2. The van der Waals surface area contributed by atoms with Gasteiger partial charge in [0.15, 0.2) is 0 Å². The van der Waals surface area contributed by atoms with Crippen molar-refractivity contribution in [2.75, 3.05) is 13.2 Å². The van der Waals surface area contributed by atoms with Crippen molar-refractivity contribution >= 4 is 11.9 Å². The van der Waals surface area contributed by atoms with Gasteiger partial charge in [0.05, 0.1) is 13.2 Å². The Labute approximate surface area is 113 Å². The minimum absolute atomic E-state index is 0.131. The SMILES string of the molecule is O=C1NC2(CCOC2)C(=O)N1Cc1cc(F)cc(F)c1. The van der Waals surface area contributed by atoms with Crippen molar-refractivity contribution in [3.05, 3.63) is 35.4 Å². The number of benzene rings is 1. The van der Waals surface area contributed by atoms with E-state index < -0.39 is 29.1 Å². The van der Waals surface area contributed by atoms with Crippen molar-refractivity contribution in [1.29, 1.82) is 0 Å². The lowest BCUT2D eigenvalue weighted by Gasteiger charge is -2.18. The fraction of sp³-hybridized carbons (Fsp3) is 0.385. The highest BCUT2D eigenvalue weighted by atomic mass is 19.1. The van der Waals surface area contributed by atoms with Crippen LogP contribution in [-0.4, -0.2) is 35.6 Å². The molecule has 1 unspecified atom stereocenters. The Morgan fingerprint density at radius 2 is 1.95 bits per heavy atom. The first-order chi connectivity index (χ1) is 9.50. The number of ether oxygens (including phenoxy) is 1. The Kier molecular flexibility index (Phi) is 2.93. The summed E-state index contributed by atoms with van der Waals surface area (Å²) in [6, 6.07) is 2.37. The van der Waals surface area contributed by atoms with E-state index >= 15 is 0 Å². The molecule has 2 aliphatic rings. The van der Waals surface area contributed by atoms with Gasteiger partial charge < -0.3 is 10.1 Å². The number of carbonyl (C=O) groups is 2. The van der Waals surface area contributed by atoms with Crippen LogP contribution in [0.1, 0.15) is 12.0 Å². The van der Waals surface area contributed by atoms with Crippen LogP contribution in [0.2, 0.25) is 0 Å². The molecule has 1 aromatic carbocycles. The average molecular weight is 282 g/mol. The van der Waals surface area contributed by atoms with Gasteiger partial charge in [-0.25, -0.2) is 13.6 Å². The summed E-state index contributed by atoms with van der Waals surface area (Å²) < 4.78 is 31.4. The minimum Gasteiger partial charge on any atom is -0.378 e. The number of nitrogens with zero attached hydrogens (tertiary/aromatic N) is 1. The normalized spacial score (nSPS) is 25.6. The standard InChI is InChI=1S/C13H12F2N2O3/c14-9-3-8(4-10(15)5-9)6-17-11(18)13(16-12(17)19)1-2-20-7-13/h3-5H,1-2,6-7H2,(H,16,19). The van der Waals surface area contributed by atoms with Gasteiger partial charge in [-0.1, -0.05) is 0 Å². The van der Waals surface area contributed by atoms with Gasteiger partial charge in [-0.15, -0.1) is 0 Å². The van der Waals surface area contributed by atoms with Gasteiger partial charge in [-0.05, 0) is 17.7 Å². The maximum Gasteiger partial charge on any atom is 0.325 e. The van der Waals surface area contributed by atoms with E-state index in [1.54, 1.807) is 0 Å². The van der Waals surface area contributed by atoms with Crippen molar-refractivity contribution in [2.45, 2.75) is 18.5 Å². The number of nitrogens with one attached hydrogen (secondary N) is 1. The predicted molar refractivity (Wildman–Crippen MR) is 63.6 cm³/mol. The zero-order chi connectivity index (χ0) is 14.3. The van der Waals surface area contributed by atoms with E-state index in [4.69, 9.17) is 4.74 Å². The summed E-state index contributed by atoms with van der Waals surface area (Å²) in [6.07, 6.45) is 0.408. The smallest absolute Gasteiger partial charge is 0.325 e. The van der Waals surface area contributed by atoms with Gasteiger partial charge in [0.1, 0.15) is 17.2 Å². The summed E-state index contributed by atoms with van der Waals surface area (Å²) in [5.74, 6) is -1.90. The van der Waals surface area contributed by atoms with Crippen molar-refractivity contribution in [3.63, 3.8) is 0 Å². The molecule has 7 heteroatoms. The van der Waals surface area contributed by atoms with Crippen LogP contribution >= 0.6 is 0 Å². The predicted octanol–water partition coefficient (Wildman–Crippen LogP) is 1.18. The molecule has 0 saturated carbocycles. The molecular formula is C13H12F2N2O3. The third-order valence-electron chi connectivity index (χ3n) is 3.53. The minimum atomic E-state index is -1.01. The molecule has 0 aromatic heterocycles. The Balaban J connectivity index is 1.84. The first-order valence-electron chi connectivity index (χ1n) is 6.17. The van der Waals surface area contributed by atoms with Crippen LogP contribution in [0, 0.1) is 11.6 Å². The maximum atomic E-state index is 13.1. The summed E-state index contributed by atoms with van der Waals surface area (Å²) >= 11 is 0. The highest BCUT2D eigenvalue weighted by molar-refractivity contribution is 6.07. The number of halogens is 2. The van der Waals surface area contributed by atoms with Crippen LogP contribution in [0.15, 0.2) is 18.2 Å². The molecule has 0 aliphatic carbocycles. The molecule has 20 heavy (non-hydrogen) atoms. The van der Waals surface area contributed by atoms with E-state index in [1.807, 2.05) is 0 Å². The molecule has 3 rings (SSSR count). The van der Waals surface area contributed by atoms with E-state index in [-0.39, 0.29) is 18.7 Å². The molecule has 5 nitrogen and oxygen atoms in total. The molecule has 1 atom stereocenters. The molecule has 2 fully saturated rings. The molecule has 1 spiro atoms. The first kappa shape index (κ1) is 13.0. The van der Waals surface area contributed by atoms with Crippen molar-refractivity contribution < 1.29 is 23.1 Å². The highest BCUT2D eigenvalue weighted by Crippen LogP contribution is 2.28. The fourth-order valence-corrected chi connectivity index (χ4v) is 2.54. The lowest BCUT2D eigenvalue weighted by molar-refractivity contribution is -0.131. The monoisotopic (exact) mass is 282 g/mol. The lowest BCUT2D eigenvalue weighted by Crippen LogP contribution is -2.47. The summed E-state index contributed by atoms with van der Waals surface area (Å²) in [5, 5.41) is 2.60. The van der Waals surface area contributed by atoms with Gasteiger partial charge >= 0.3 is 6.03 Å². The number of urea groups is 1. The van der Waals surface area contributed by atoms with Crippen LogP contribution in [0.4, 0.5) is 13.6 Å². The van der Waals surface area contributed by atoms with Gasteiger partial charge in [0.2, 0.25) is 0 Å². The lowest BCUT2D eigenvalue weighted by atomic mass is 9.99. The van der Waals surface area contributed by atoms with E-state index in [0.29, 0.717) is 13.0 Å². The highest BCUT2D eigenvalue weighted by Gasteiger charge is 2.53. The molecule has 2 heterocycles. The zero-order valence-corrected chi connectivity index (χ0v) is 10.5. The zero-order valence-electron chi connectivity index (χ0n) is 10.5. The third-order valence-corrected chi connectivity index (χ3v) is 3.53. The van der Waals surface area contributed by atoms with Crippen LogP contribution < -0.4 is 5.32 Å². The maximum absolute atomic E-state index is 13.1. The molecular weight excluding hydrogens is 270 g/mol. The van der Waals surface area contributed by atoms with E-state index in [9.17, 15) is 18.4 Å². The quantitative estimate of drug-likeness (QED) is 0.829. The molecule has 1 aromatic rings. The van der Waals surface area contributed by atoms with E-state index in [2.05, 4.69) is 5.32 Å². The number of hydrogen-bond acceptors (Lipinski definition) is 3. The second-order valence-corrected chi connectivity index (χ2v) is 4.98. The number of imide groups is 1. The topological polar surface area (TPSA) is 58.6 Å². The van der Waals surface area contributed by atoms with Crippen molar-refractivity contribution in [2.24, 2.45) is 0 Å². The van der Waals surface area contributed by atoms with Crippen LogP contribution in [0.3, 0.4) is 0 Å². The van der Waals surface area contributed by atoms with E-state index in [1.165, 1.54) is 0 Å². The molecule has 1 N–H and O–H groups in total. The van der Waals surface area contributed by atoms with E-state index in [0.717, 1.165) is 23.1 Å². The largest absolute Gasteiger partial charge is 0.378 e. The molecule has 2 saturated heterocycles. The fourth-order valence-electron chi connectivity index (χ4n) is 2.54. The summed E-state index contributed by atoms with van der Waals surface area (Å²) in [7, 11) is 0. The summed E-state index contributed by atoms with van der Waals surface area (Å²) in [5.41, 5.74) is -0.787. The molecule has 106 valence electrons. The van der Waals surface area contributed by atoms with Gasteiger partial charge in [-0.2, -0.15) is 0 Å². The number of amides is 3. The molecule has 3 amide bonds. The Morgan fingerprint density at radius 3 is 2.55 bits per heavy atom. The summed E-state index contributed by atoms with van der Waals surface area (Å²) in [6.45, 7) is 0.362. The Morgan fingerprint density at radius 1 is 1.25 bits per heavy atom. The van der Waals surface area contributed by atoms with Gasteiger partial charge in [-0.3, -0.25) is 9.69 Å². The van der Waals surface area contributed by atoms with Crippen LogP contribution in [0.25, 0.3) is 0 Å².